The van der Waals surface area contributed by atoms with Gasteiger partial charge in [0.15, 0.2) is 0 Å². The number of ether oxygens (including phenoxy) is 1. The van der Waals surface area contributed by atoms with Gasteiger partial charge in [-0.3, -0.25) is 19.3 Å². The monoisotopic (exact) mass is 462 g/mol. The summed E-state index contributed by atoms with van der Waals surface area (Å²) in [5.74, 6) is -1.11. The number of carbonyl (C=O) groups excluding carboxylic acids is 3. The molecule has 2 aromatic rings. The third-order valence-electron chi connectivity index (χ3n) is 4.55. The van der Waals surface area contributed by atoms with Gasteiger partial charge in [0.25, 0.3) is 11.1 Å². The second-order valence-electron chi connectivity index (χ2n) is 6.44. The van der Waals surface area contributed by atoms with E-state index in [0.717, 1.165) is 49.3 Å². The Kier molecular flexibility index (Phi) is 5.81. The van der Waals surface area contributed by atoms with Crippen molar-refractivity contribution in [1.82, 2.24) is 9.47 Å². The largest absolute Gasteiger partial charge is 0.468 e. The molecular formula is C20H19BrN2O4S. The van der Waals surface area contributed by atoms with Gasteiger partial charge in [-0.1, -0.05) is 15.9 Å². The highest BCUT2D eigenvalue weighted by atomic mass is 79.9. The van der Waals surface area contributed by atoms with E-state index in [1.54, 1.807) is 6.08 Å². The van der Waals surface area contributed by atoms with E-state index in [1.165, 1.54) is 7.11 Å². The molecule has 0 aliphatic carbocycles. The Hall–Kier alpha value is -2.32. The topological polar surface area (TPSA) is 68.6 Å². The second kappa shape index (κ2) is 7.97. The predicted molar refractivity (Wildman–Crippen MR) is 112 cm³/mol. The minimum Gasteiger partial charge on any atom is -0.468 e. The summed E-state index contributed by atoms with van der Waals surface area (Å²) in [4.78, 5) is 37.2. The lowest BCUT2D eigenvalue weighted by molar-refractivity contribution is -0.143. The smallest absolute Gasteiger partial charge is 0.325 e. The van der Waals surface area contributed by atoms with Crippen molar-refractivity contribution in [2.24, 2.45) is 0 Å². The van der Waals surface area contributed by atoms with Crippen LogP contribution in [0.1, 0.15) is 22.5 Å². The van der Waals surface area contributed by atoms with Crippen LogP contribution in [-0.2, 0) is 14.3 Å². The summed E-state index contributed by atoms with van der Waals surface area (Å²) in [5, 5.41) is -0.473. The number of hydrogen-bond donors (Lipinski definition) is 0. The van der Waals surface area contributed by atoms with Crippen molar-refractivity contribution in [2.45, 2.75) is 20.8 Å². The number of nitrogens with zero attached hydrogens (tertiary/aromatic N) is 2. The molecule has 1 aliphatic rings. The molecule has 1 aliphatic heterocycles. The first kappa shape index (κ1) is 20.4. The molecule has 0 saturated carbocycles. The zero-order valence-corrected chi connectivity index (χ0v) is 18.3. The number of thioether (sulfide) groups is 1. The van der Waals surface area contributed by atoms with Gasteiger partial charge in [0.2, 0.25) is 0 Å². The van der Waals surface area contributed by atoms with Gasteiger partial charge in [0, 0.05) is 21.5 Å². The van der Waals surface area contributed by atoms with E-state index in [1.807, 2.05) is 39.0 Å². The fraction of sp³-hybridized carbons (Fsp3) is 0.250. The molecule has 6 nitrogen and oxygen atoms in total. The van der Waals surface area contributed by atoms with Crippen molar-refractivity contribution in [3.8, 4) is 5.69 Å². The van der Waals surface area contributed by atoms with Crippen molar-refractivity contribution < 1.29 is 19.1 Å². The SMILES string of the molecule is COC(=O)CN1C(=O)S/C(=C\c2cc(C)n(-c3ccc(Br)c(C)c3)c2C)C1=O. The summed E-state index contributed by atoms with van der Waals surface area (Å²) in [5.41, 5.74) is 4.96. The van der Waals surface area contributed by atoms with Gasteiger partial charge in [0.1, 0.15) is 6.54 Å². The van der Waals surface area contributed by atoms with Crippen LogP contribution in [0.2, 0.25) is 0 Å². The summed E-state index contributed by atoms with van der Waals surface area (Å²) in [6.45, 7) is 5.61. The molecule has 0 N–H and O–H groups in total. The summed E-state index contributed by atoms with van der Waals surface area (Å²) >= 11 is 4.34. The average molecular weight is 463 g/mol. The molecule has 2 heterocycles. The number of carbonyl (C=O) groups is 3. The standard InChI is InChI=1S/C20H19BrN2O4S/c1-11-7-15(5-6-16(11)21)23-12(2)8-14(13(23)3)9-17-19(25)22(20(26)28-17)10-18(24)27-4/h5-9H,10H2,1-4H3/b17-9-. The van der Waals surface area contributed by atoms with Gasteiger partial charge in [-0.2, -0.15) is 0 Å². The predicted octanol–water partition coefficient (Wildman–Crippen LogP) is 4.37. The van der Waals surface area contributed by atoms with Crippen molar-refractivity contribution in [2.75, 3.05) is 13.7 Å². The zero-order chi connectivity index (χ0) is 20.6. The molecule has 0 radical (unpaired) electrons. The number of methoxy groups -OCH3 is 1. The molecule has 28 heavy (non-hydrogen) atoms. The molecule has 0 bridgehead atoms. The van der Waals surface area contributed by atoms with Gasteiger partial charge in [-0.25, -0.2) is 0 Å². The Bertz CT molecular complexity index is 1030. The van der Waals surface area contributed by atoms with Crippen LogP contribution in [0.4, 0.5) is 4.79 Å². The first-order chi connectivity index (χ1) is 13.2. The number of amides is 2. The molecule has 1 saturated heterocycles. The summed E-state index contributed by atoms with van der Waals surface area (Å²) in [6.07, 6.45) is 1.70. The van der Waals surface area contributed by atoms with Gasteiger partial charge in [0.05, 0.1) is 12.0 Å². The number of imide groups is 1. The van der Waals surface area contributed by atoms with Crippen molar-refractivity contribution in [3.63, 3.8) is 0 Å². The molecule has 0 atom stereocenters. The molecule has 1 aromatic heterocycles. The number of benzene rings is 1. The first-order valence-corrected chi connectivity index (χ1v) is 10.1. The minimum atomic E-state index is -0.632. The van der Waals surface area contributed by atoms with Crippen molar-refractivity contribution >= 4 is 50.9 Å². The van der Waals surface area contributed by atoms with Crippen LogP contribution in [0.5, 0.6) is 0 Å². The van der Waals surface area contributed by atoms with Gasteiger partial charge >= 0.3 is 5.97 Å². The molecule has 0 unspecified atom stereocenters. The van der Waals surface area contributed by atoms with E-state index in [0.29, 0.717) is 4.91 Å². The van der Waals surface area contributed by atoms with E-state index >= 15 is 0 Å². The molecule has 8 heteroatoms. The Balaban J connectivity index is 1.95. The van der Waals surface area contributed by atoms with Crippen LogP contribution in [0, 0.1) is 20.8 Å². The van der Waals surface area contributed by atoms with Crippen LogP contribution in [0.25, 0.3) is 11.8 Å². The van der Waals surface area contributed by atoms with Crippen LogP contribution in [0.3, 0.4) is 0 Å². The van der Waals surface area contributed by atoms with Crippen molar-refractivity contribution in [1.29, 1.82) is 0 Å². The lowest BCUT2D eigenvalue weighted by Crippen LogP contribution is -2.34. The molecule has 3 rings (SSSR count). The lowest BCUT2D eigenvalue weighted by atomic mass is 10.2. The number of esters is 1. The third kappa shape index (κ3) is 3.79. The van der Waals surface area contributed by atoms with Gasteiger partial charge in [-0.15, -0.1) is 0 Å². The highest BCUT2D eigenvalue weighted by Crippen LogP contribution is 2.34. The number of aromatic nitrogens is 1. The highest BCUT2D eigenvalue weighted by Gasteiger charge is 2.36. The summed E-state index contributed by atoms with van der Waals surface area (Å²) < 4.78 is 7.69. The Labute approximate surface area is 175 Å². The third-order valence-corrected chi connectivity index (χ3v) is 6.34. The maximum atomic E-state index is 12.5. The summed E-state index contributed by atoms with van der Waals surface area (Å²) in [7, 11) is 1.22. The Morgan fingerprint density at radius 2 is 1.93 bits per heavy atom. The fourth-order valence-corrected chi connectivity index (χ4v) is 4.15. The number of rotatable bonds is 4. The fourth-order valence-electron chi connectivity index (χ4n) is 3.07. The van der Waals surface area contributed by atoms with E-state index in [4.69, 9.17) is 0 Å². The minimum absolute atomic E-state index is 0.293. The first-order valence-electron chi connectivity index (χ1n) is 8.50. The molecule has 0 spiro atoms. The quantitative estimate of drug-likeness (QED) is 0.498. The van der Waals surface area contributed by atoms with E-state index in [-0.39, 0.29) is 6.54 Å². The normalized spacial score (nSPS) is 15.6. The Morgan fingerprint density at radius 3 is 2.57 bits per heavy atom. The maximum Gasteiger partial charge on any atom is 0.325 e. The highest BCUT2D eigenvalue weighted by molar-refractivity contribution is 9.10. The van der Waals surface area contributed by atoms with Gasteiger partial charge < -0.3 is 9.30 Å². The van der Waals surface area contributed by atoms with Gasteiger partial charge in [-0.05, 0) is 74.0 Å². The van der Waals surface area contributed by atoms with Crippen LogP contribution in [0.15, 0.2) is 33.6 Å². The Morgan fingerprint density at radius 1 is 1.21 bits per heavy atom. The molecule has 1 aromatic carbocycles. The zero-order valence-electron chi connectivity index (χ0n) is 15.9. The van der Waals surface area contributed by atoms with E-state index < -0.39 is 17.1 Å². The average Bonchev–Trinajstić information content (AvgIpc) is 3.07. The van der Waals surface area contributed by atoms with E-state index in [9.17, 15) is 14.4 Å². The van der Waals surface area contributed by atoms with Crippen LogP contribution >= 0.6 is 27.7 Å². The second-order valence-corrected chi connectivity index (χ2v) is 8.29. The summed E-state index contributed by atoms with van der Waals surface area (Å²) in [6, 6.07) is 8.07. The molecule has 146 valence electrons. The number of halogens is 1. The van der Waals surface area contributed by atoms with E-state index in [2.05, 4.69) is 31.3 Å². The van der Waals surface area contributed by atoms with Crippen LogP contribution in [-0.4, -0.2) is 40.2 Å². The molecule has 1 fully saturated rings. The number of aryl methyl sites for hydroxylation is 2. The van der Waals surface area contributed by atoms with Crippen molar-refractivity contribution in [3.05, 3.63) is 56.2 Å². The molecular weight excluding hydrogens is 444 g/mol. The number of hydrogen-bond acceptors (Lipinski definition) is 5. The van der Waals surface area contributed by atoms with Crippen LogP contribution < -0.4 is 0 Å². The molecule has 2 amide bonds. The maximum absolute atomic E-state index is 12.5. The lowest BCUT2D eigenvalue weighted by Gasteiger charge is -2.11.